The van der Waals surface area contributed by atoms with Crippen molar-refractivity contribution in [1.82, 2.24) is 10.3 Å². The Balaban J connectivity index is 1.90. The van der Waals surface area contributed by atoms with Crippen LogP contribution in [0, 0.1) is 5.92 Å². The van der Waals surface area contributed by atoms with Gasteiger partial charge in [-0.1, -0.05) is 6.07 Å². The largest absolute Gasteiger partial charge is 0.384 e. The molecule has 7 heteroatoms. The van der Waals surface area contributed by atoms with Crippen LogP contribution in [0.4, 0.5) is 5.82 Å². The lowest BCUT2D eigenvalue weighted by Gasteiger charge is -2.09. The molecule has 1 aromatic heterocycles. The molecule has 18 heavy (non-hydrogen) atoms. The number of hydrogen-bond donors (Lipinski definition) is 2. The minimum Gasteiger partial charge on any atom is -0.384 e. The maximum atomic E-state index is 11.7. The number of nitrogens with zero attached hydrogens (tertiary/aromatic N) is 1. The molecule has 2 heterocycles. The fourth-order valence-corrected chi connectivity index (χ4v) is 3.80. The second-order valence-electron chi connectivity index (χ2n) is 4.43. The molecule has 6 nitrogen and oxygen atoms in total. The standard InChI is InChI=1S/C11H15N3O3S/c12-10-3-1-2-9(14-10)11(15)13-6-8-4-5-18(16,17)7-8/h1-3,8H,4-7H2,(H2,12,14)(H,13,15). The Morgan fingerprint density at radius 1 is 1.50 bits per heavy atom. The predicted octanol–water partition coefficient (Wildman–Crippen LogP) is -0.172. The number of nitrogen functional groups attached to an aromatic ring is 1. The Hall–Kier alpha value is -1.63. The molecule has 0 aromatic carbocycles. The van der Waals surface area contributed by atoms with E-state index in [0.29, 0.717) is 13.0 Å². The molecule has 0 bridgehead atoms. The normalized spacial score (nSPS) is 21.7. The molecular weight excluding hydrogens is 254 g/mol. The molecule has 1 aliphatic rings. The van der Waals surface area contributed by atoms with Crippen LogP contribution < -0.4 is 11.1 Å². The van der Waals surface area contributed by atoms with Gasteiger partial charge in [0.25, 0.3) is 5.91 Å². The van der Waals surface area contributed by atoms with E-state index in [4.69, 9.17) is 5.73 Å². The molecule has 3 N–H and O–H groups in total. The van der Waals surface area contributed by atoms with E-state index >= 15 is 0 Å². The number of carbonyl (C=O) groups excluding carboxylic acids is 1. The van der Waals surface area contributed by atoms with Gasteiger partial charge in [0.05, 0.1) is 11.5 Å². The van der Waals surface area contributed by atoms with Crippen LogP contribution in [0.1, 0.15) is 16.9 Å². The Bertz CT molecular complexity index is 556. The highest BCUT2D eigenvalue weighted by molar-refractivity contribution is 7.91. The Labute approximate surface area is 106 Å². The lowest BCUT2D eigenvalue weighted by molar-refractivity contribution is 0.0943. The van der Waals surface area contributed by atoms with Gasteiger partial charge in [0, 0.05) is 6.54 Å². The summed E-state index contributed by atoms with van der Waals surface area (Å²) in [4.78, 5) is 15.6. The van der Waals surface area contributed by atoms with Crippen molar-refractivity contribution < 1.29 is 13.2 Å². The molecule has 0 saturated carbocycles. The zero-order valence-electron chi connectivity index (χ0n) is 9.80. The van der Waals surface area contributed by atoms with Crippen molar-refractivity contribution in [3.05, 3.63) is 23.9 Å². The molecule has 1 aliphatic heterocycles. The van der Waals surface area contributed by atoms with Gasteiger partial charge in [-0.2, -0.15) is 0 Å². The number of rotatable bonds is 3. The fourth-order valence-electron chi connectivity index (χ4n) is 1.94. The lowest BCUT2D eigenvalue weighted by Crippen LogP contribution is -2.30. The summed E-state index contributed by atoms with van der Waals surface area (Å²) in [6.45, 7) is 0.356. The summed E-state index contributed by atoms with van der Waals surface area (Å²) < 4.78 is 22.5. The Morgan fingerprint density at radius 2 is 2.28 bits per heavy atom. The van der Waals surface area contributed by atoms with Gasteiger partial charge in [0.15, 0.2) is 9.84 Å². The van der Waals surface area contributed by atoms with E-state index in [9.17, 15) is 13.2 Å². The summed E-state index contributed by atoms with van der Waals surface area (Å²) in [5.41, 5.74) is 5.73. The van der Waals surface area contributed by atoms with Gasteiger partial charge in [-0.3, -0.25) is 4.79 Å². The van der Waals surface area contributed by atoms with Crippen molar-refractivity contribution in [3.8, 4) is 0 Å². The SMILES string of the molecule is Nc1cccc(C(=O)NCC2CCS(=O)(=O)C2)n1. The zero-order valence-corrected chi connectivity index (χ0v) is 10.6. The third-order valence-corrected chi connectivity index (χ3v) is 4.72. The summed E-state index contributed by atoms with van der Waals surface area (Å²) in [6.07, 6.45) is 0.604. The third kappa shape index (κ3) is 3.19. The highest BCUT2D eigenvalue weighted by Gasteiger charge is 2.28. The third-order valence-electron chi connectivity index (χ3n) is 2.88. The number of hydrogen-bond acceptors (Lipinski definition) is 5. The topological polar surface area (TPSA) is 102 Å². The van der Waals surface area contributed by atoms with E-state index in [-0.39, 0.29) is 34.8 Å². The number of nitrogens with two attached hydrogens (primary N) is 1. The lowest BCUT2D eigenvalue weighted by atomic mass is 10.1. The van der Waals surface area contributed by atoms with Crippen LogP contribution in [0.2, 0.25) is 0 Å². The van der Waals surface area contributed by atoms with Crippen molar-refractivity contribution in [1.29, 1.82) is 0 Å². The van der Waals surface area contributed by atoms with E-state index in [2.05, 4.69) is 10.3 Å². The van der Waals surface area contributed by atoms with Gasteiger partial charge >= 0.3 is 0 Å². The maximum Gasteiger partial charge on any atom is 0.269 e. The molecule has 1 amide bonds. The van der Waals surface area contributed by atoms with Crippen molar-refractivity contribution in [3.63, 3.8) is 0 Å². The van der Waals surface area contributed by atoms with Crippen LogP contribution in [0.25, 0.3) is 0 Å². The minimum absolute atomic E-state index is 0.00000850. The number of nitrogens with one attached hydrogen (secondary N) is 1. The van der Waals surface area contributed by atoms with Crippen molar-refractivity contribution >= 4 is 21.6 Å². The van der Waals surface area contributed by atoms with Gasteiger partial charge in [0.2, 0.25) is 0 Å². The summed E-state index contributed by atoms with van der Waals surface area (Å²) in [6, 6.07) is 4.81. The molecule has 1 unspecified atom stereocenters. The molecule has 1 atom stereocenters. The molecule has 1 saturated heterocycles. The fraction of sp³-hybridized carbons (Fsp3) is 0.455. The van der Waals surface area contributed by atoms with E-state index in [1.54, 1.807) is 18.2 Å². The van der Waals surface area contributed by atoms with E-state index < -0.39 is 9.84 Å². The van der Waals surface area contributed by atoms with Gasteiger partial charge in [-0.15, -0.1) is 0 Å². The van der Waals surface area contributed by atoms with Gasteiger partial charge < -0.3 is 11.1 Å². The molecule has 0 radical (unpaired) electrons. The average molecular weight is 269 g/mol. The van der Waals surface area contributed by atoms with E-state index in [1.165, 1.54) is 0 Å². The van der Waals surface area contributed by atoms with Crippen LogP contribution in [-0.4, -0.2) is 37.4 Å². The van der Waals surface area contributed by atoms with E-state index in [0.717, 1.165) is 0 Å². The first-order valence-electron chi connectivity index (χ1n) is 5.67. The van der Waals surface area contributed by atoms with E-state index in [1.807, 2.05) is 0 Å². The van der Waals surface area contributed by atoms with Crippen molar-refractivity contribution in [2.24, 2.45) is 5.92 Å². The molecule has 0 aliphatic carbocycles. The number of carbonyl (C=O) groups is 1. The van der Waals surface area contributed by atoms with Gasteiger partial charge in [0.1, 0.15) is 11.5 Å². The number of aromatic nitrogens is 1. The molecule has 0 spiro atoms. The monoisotopic (exact) mass is 269 g/mol. The molecule has 1 aromatic rings. The first-order valence-corrected chi connectivity index (χ1v) is 7.49. The average Bonchev–Trinajstić information content (AvgIpc) is 2.66. The van der Waals surface area contributed by atoms with Crippen LogP contribution in [0.3, 0.4) is 0 Å². The first-order chi connectivity index (χ1) is 8.46. The quantitative estimate of drug-likeness (QED) is 0.793. The van der Waals surface area contributed by atoms with Crippen LogP contribution >= 0.6 is 0 Å². The molecule has 98 valence electrons. The number of sulfone groups is 1. The number of amides is 1. The van der Waals surface area contributed by atoms with Crippen LogP contribution in [0.15, 0.2) is 18.2 Å². The molecular formula is C11H15N3O3S. The Kier molecular flexibility index (Phi) is 3.51. The summed E-state index contributed by atoms with van der Waals surface area (Å²) in [5.74, 6) is 0.319. The first kappa shape index (κ1) is 12.8. The second-order valence-corrected chi connectivity index (χ2v) is 6.66. The molecule has 1 fully saturated rings. The second kappa shape index (κ2) is 4.93. The smallest absolute Gasteiger partial charge is 0.269 e. The van der Waals surface area contributed by atoms with Crippen LogP contribution in [0.5, 0.6) is 0 Å². The highest BCUT2D eigenvalue weighted by atomic mass is 32.2. The zero-order chi connectivity index (χ0) is 13.2. The minimum atomic E-state index is -2.90. The maximum absolute atomic E-state index is 11.7. The highest BCUT2D eigenvalue weighted by Crippen LogP contribution is 2.17. The van der Waals surface area contributed by atoms with Crippen LogP contribution in [-0.2, 0) is 9.84 Å². The van der Waals surface area contributed by atoms with Crippen molar-refractivity contribution in [2.45, 2.75) is 6.42 Å². The van der Waals surface area contributed by atoms with Gasteiger partial charge in [-0.05, 0) is 24.5 Å². The molecule has 2 rings (SSSR count). The summed E-state index contributed by atoms with van der Waals surface area (Å²) >= 11 is 0. The number of pyridine rings is 1. The predicted molar refractivity (Wildman–Crippen MR) is 67.7 cm³/mol. The summed E-state index contributed by atoms with van der Waals surface area (Å²) in [5, 5.41) is 2.68. The number of anilines is 1. The van der Waals surface area contributed by atoms with Crippen molar-refractivity contribution in [2.75, 3.05) is 23.8 Å². The van der Waals surface area contributed by atoms with Gasteiger partial charge in [-0.25, -0.2) is 13.4 Å². The summed E-state index contributed by atoms with van der Waals surface area (Å²) in [7, 11) is -2.90. The Morgan fingerprint density at radius 3 is 2.89 bits per heavy atom.